The quantitative estimate of drug-likeness (QED) is 0.788. The number of carbonyl (C=O) groups excluding carboxylic acids is 1. The van der Waals surface area contributed by atoms with Crippen molar-refractivity contribution in [3.63, 3.8) is 0 Å². The second-order valence-corrected chi connectivity index (χ2v) is 4.32. The predicted octanol–water partition coefficient (Wildman–Crippen LogP) is 1.68. The molecule has 1 aromatic heterocycles. The van der Waals surface area contributed by atoms with Crippen LogP contribution in [0.15, 0.2) is 12.4 Å². The van der Waals surface area contributed by atoms with Crippen LogP contribution in [-0.4, -0.2) is 29.0 Å². The zero-order valence-electron chi connectivity index (χ0n) is 10.7. The number of hydrogen-bond donors (Lipinski definition) is 2. The zero-order valence-corrected chi connectivity index (χ0v) is 10.7. The number of hydrogen-bond acceptors (Lipinski definition) is 4. The van der Waals surface area contributed by atoms with Crippen LogP contribution in [0, 0.1) is 5.92 Å². The fourth-order valence-electron chi connectivity index (χ4n) is 1.22. The Labute approximate surface area is 102 Å². The zero-order chi connectivity index (χ0) is 12.7. The molecule has 1 aromatic rings. The van der Waals surface area contributed by atoms with Crippen molar-refractivity contribution in [2.24, 2.45) is 5.92 Å². The molecule has 1 amide bonds. The van der Waals surface area contributed by atoms with Gasteiger partial charge in [-0.3, -0.25) is 4.79 Å². The predicted molar refractivity (Wildman–Crippen MR) is 68.0 cm³/mol. The summed E-state index contributed by atoms with van der Waals surface area (Å²) in [7, 11) is 0. The Balaban J connectivity index is 2.61. The topological polar surface area (TPSA) is 66.9 Å². The number of anilines is 1. The molecule has 2 N–H and O–H groups in total. The van der Waals surface area contributed by atoms with Crippen molar-refractivity contribution >= 4 is 11.7 Å². The van der Waals surface area contributed by atoms with E-state index < -0.39 is 0 Å². The second-order valence-electron chi connectivity index (χ2n) is 4.32. The maximum atomic E-state index is 11.7. The van der Waals surface area contributed by atoms with Gasteiger partial charge in [-0.25, -0.2) is 9.97 Å². The van der Waals surface area contributed by atoms with Crippen LogP contribution in [0.5, 0.6) is 0 Å². The first-order chi connectivity index (χ1) is 8.13. The summed E-state index contributed by atoms with van der Waals surface area (Å²) in [4.78, 5) is 19.7. The van der Waals surface area contributed by atoms with E-state index in [0.29, 0.717) is 24.0 Å². The average molecular weight is 236 g/mol. The van der Waals surface area contributed by atoms with Crippen molar-refractivity contribution in [1.82, 2.24) is 15.3 Å². The van der Waals surface area contributed by atoms with Crippen molar-refractivity contribution in [1.29, 1.82) is 0 Å². The Morgan fingerprint density at radius 1 is 1.41 bits per heavy atom. The van der Waals surface area contributed by atoms with E-state index in [2.05, 4.69) is 34.4 Å². The Morgan fingerprint density at radius 2 is 2.18 bits per heavy atom. The summed E-state index contributed by atoms with van der Waals surface area (Å²) in [6, 6.07) is 1.67. The van der Waals surface area contributed by atoms with Crippen molar-refractivity contribution in [3.8, 4) is 0 Å². The van der Waals surface area contributed by atoms with Crippen LogP contribution in [0.25, 0.3) is 0 Å². The highest BCUT2D eigenvalue weighted by Gasteiger charge is 2.07. The number of rotatable bonds is 6. The molecule has 0 saturated carbocycles. The van der Waals surface area contributed by atoms with Gasteiger partial charge in [-0.15, -0.1) is 0 Å². The van der Waals surface area contributed by atoms with Crippen LogP contribution < -0.4 is 10.6 Å². The lowest BCUT2D eigenvalue weighted by Crippen LogP contribution is -2.25. The minimum Gasteiger partial charge on any atom is -0.370 e. The number of nitrogens with one attached hydrogen (secondary N) is 2. The van der Waals surface area contributed by atoms with E-state index in [-0.39, 0.29) is 5.91 Å². The molecule has 0 aromatic carbocycles. The molecule has 5 nitrogen and oxygen atoms in total. The van der Waals surface area contributed by atoms with Gasteiger partial charge in [0.15, 0.2) is 0 Å². The van der Waals surface area contributed by atoms with Crippen LogP contribution in [0.2, 0.25) is 0 Å². The third kappa shape index (κ3) is 4.80. The van der Waals surface area contributed by atoms with Gasteiger partial charge in [-0.1, -0.05) is 20.8 Å². The molecule has 1 heterocycles. The van der Waals surface area contributed by atoms with Gasteiger partial charge in [0.1, 0.15) is 17.8 Å². The normalized spacial score (nSPS) is 10.4. The lowest BCUT2D eigenvalue weighted by atomic mass is 10.2. The van der Waals surface area contributed by atoms with E-state index in [4.69, 9.17) is 0 Å². The molecule has 1 rings (SSSR count). The van der Waals surface area contributed by atoms with Gasteiger partial charge >= 0.3 is 0 Å². The first-order valence-corrected chi connectivity index (χ1v) is 5.97. The van der Waals surface area contributed by atoms with Crippen LogP contribution in [-0.2, 0) is 0 Å². The minimum absolute atomic E-state index is 0.151. The van der Waals surface area contributed by atoms with E-state index in [1.54, 1.807) is 6.07 Å². The van der Waals surface area contributed by atoms with Gasteiger partial charge in [0, 0.05) is 19.2 Å². The minimum atomic E-state index is -0.151. The standard InChI is InChI=1S/C12H20N4O/c1-4-5-13-12(17)10-6-11(16-8-15-10)14-7-9(2)3/h6,8-9H,4-5,7H2,1-3H3,(H,13,17)(H,14,15,16). The first kappa shape index (κ1) is 13.4. The molecule has 0 bridgehead atoms. The summed E-state index contributed by atoms with van der Waals surface area (Å²) >= 11 is 0. The van der Waals surface area contributed by atoms with Crippen LogP contribution in [0.4, 0.5) is 5.82 Å². The second kappa shape index (κ2) is 6.83. The molecular weight excluding hydrogens is 216 g/mol. The SMILES string of the molecule is CCCNC(=O)c1cc(NCC(C)C)ncn1. The smallest absolute Gasteiger partial charge is 0.270 e. The van der Waals surface area contributed by atoms with Gasteiger partial charge in [-0.05, 0) is 12.3 Å². The molecule has 94 valence electrons. The molecule has 0 spiro atoms. The largest absolute Gasteiger partial charge is 0.370 e. The summed E-state index contributed by atoms with van der Waals surface area (Å²) in [5.41, 5.74) is 0.403. The Morgan fingerprint density at radius 3 is 2.82 bits per heavy atom. The van der Waals surface area contributed by atoms with Gasteiger partial charge in [0.2, 0.25) is 0 Å². The van der Waals surface area contributed by atoms with Gasteiger partial charge in [-0.2, -0.15) is 0 Å². The molecule has 0 radical (unpaired) electrons. The van der Waals surface area contributed by atoms with E-state index in [1.807, 2.05) is 6.92 Å². The molecular formula is C12H20N4O. The van der Waals surface area contributed by atoms with Gasteiger partial charge in [0.25, 0.3) is 5.91 Å². The summed E-state index contributed by atoms with van der Waals surface area (Å²) in [6.45, 7) is 7.73. The number of nitrogens with zero attached hydrogens (tertiary/aromatic N) is 2. The number of aromatic nitrogens is 2. The molecule has 0 fully saturated rings. The monoisotopic (exact) mass is 236 g/mol. The summed E-state index contributed by atoms with van der Waals surface area (Å²) in [6.07, 6.45) is 2.32. The van der Waals surface area contributed by atoms with Crippen molar-refractivity contribution < 1.29 is 4.79 Å². The number of amides is 1. The third-order valence-corrected chi connectivity index (χ3v) is 2.13. The molecule has 0 aliphatic rings. The molecule has 5 heteroatoms. The van der Waals surface area contributed by atoms with E-state index in [1.165, 1.54) is 6.33 Å². The van der Waals surface area contributed by atoms with Crippen molar-refractivity contribution in [2.75, 3.05) is 18.4 Å². The molecule has 0 unspecified atom stereocenters. The Hall–Kier alpha value is -1.65. The third-order valence-electron chi connectivity index (χ3n) is 2.13. The highest BCUT2D eigenvalue weighted by atomic mass is 16.1. The summed E-state index contributed by atoms with van der Waals surface area (Å²) in [5, 5.41) is 5.95. The molecule has 17 heavy (non-hydrogen) atoms. The van der Waals surface area contributed by atoms with Crippen LogP contribution >= 0.6 is 0 Å². The summed E-state index contributed by atoms with van der Waals surface area (Å²) in [5.74, 6) is 1.07. The fraction of sp³-hybridized carbons (Fsp3) is 0.583. The lowest BCUT2D eigenvalue weighted by Gasteiger charge is -2.08. The maximum absolute atomic E-state index is 11.7. The lowest BCUT2D eigenvalue weighted by molar-refractivity contribution is 0.0948. The molecule has 0 atom stereocenters. The van der Waals surface area contributed by atoms with Crippen molar-refractivity contribution in [3.05, 3.63) is 18.1 Å². The van der Waals surface area contributed by atoms with E-state index >= 15 is 0 Å². The average Bonchev–Trinajstić information content (AvgIpc) is 2.33. The Kier molecular flexibility index (Phi) is 5.39. The van der Waals surface area contributed by atoms with E-state index in [9.17, 15) is 4.79 Å². The molecule has 0 saturated heterocycles. The fourth-order valence-corrected chi connectivity index (χ4v) is 1.22. The van der Waals surface area contributed by atoms with Gasteiger partial charge in [0.05, 0.1) is 0 Å². The van der Waals surface area contributed by atoms with E-state index in [0.717, 1.165) is 13.0 Å². The van der Waals surface area contributed by atoms with Crippen LogP contribution in [0.3, 0.4) is 0 Å². The summed E-state index contributed by atoms with van der Waals surface area (Å²) < 4.78 is 0. The van der Waals surface area contributed by atoms with Gasteiger partial charge < -0.3 is 10.6 Å². The van der Waals surface area contributed by atoms with Crippen LogP contribution in [0.1, 0.15) is 37.7 Å². The highest BCUT2D eigenvalue weighted by molar-refractivity contribution is 5.92. The maximum Gasteiger partial charge on any atom is 0.270 e. The molecule has 0 aliphatic heterocycles. The highest BCUT2D eigenvalue weighted by Crippen LogP contribution is 2.05. The van der Waals surface area contributed by atoms with Crippen molar-refractivity contribution in [2.45, 2.75) is 27.2 Å². The Bertz CT molecular complexity index is 365. The molecule has 0 aliphatic carbocycles. The number of carbonyl (C=O) groups is 1. The first-order valence-electron chi connectivity index (χ1n) is 5.97.